The van der Waals surface area contributed by atoms with E-state index in [1.807, 2.05) is 155 Å². The molecule has 6 nitrogen and oxygen atoms in total. The number of halogens is 6. The summed E-state index contributed by atoms with van der Waals surface area (Å²) in [6.07, 6.45) is -9.39. The Morgan fingerprint density at radius 1 is 0.247 bits per heavy atom. The Labute approximate surface area is 525 Å². The van der Waals surface area contributed by atoms with E-state index < -0.39 is 23.5 Å². The van der Waals surface area contributed by atoms with Crippen molar-refractivity contribution in [3.63, 3.8) is 0 Å². The fourth-order valence-electron chi connectivity index (χ4n) is 14.9. The molecule has 13 aromatic carbocycles. The lowest BCUT2D eigenvalue weighted by atomic mass is 9.87. The second-order valence-electron chi connectivity index (χ2n) is 23.7. The minimum Gasteiger partial charge on any atom is -0.309 e. The topological polar surface area (TPSA) is 48.4 Å². The van der Waals surface area contributed by atoms with Crippen LogP contribution in [0.3, 0.4) is 0 Å². The van der Waals surface area contributed by atoms with Gasteiger partial charge in [0.25, 0.3) is 0 Å². The van der Waals surface area contributed by atoms with Gasteiger partial charge in [0.1, 0.15) is 6.07 Å². The highest BCUT2D eigenvalue weighted by atomic mass is 19.4. The van der Waals surface area contributed by atoms with E-state index >= 15 is 26.3 Å². The lowest BCUT2D eigenvalue weighted by Gasteiger charge is -2.29. The molecule has 0 aliphatic heterocycles. The summed E-state index contributed by atoms with van der Waals surface area (Å²) in [6, 6.07) is 90.5. The summed E-state index contributed by atoms with van der Waals surface area (Å²) in [5, 5.41) is 20.2. The fraction of sp³-hybridized carbons (Fsp3) is 0.0247. The third-order valence-corrected chi connectivity index (χ3v) is 18.7. The van der Waals surface area contributed by atoms with Crippen LogP contribution in [0.2, 0.25) is 0 Å². The molecular weight excluding hydrogens is 1170 g/mol. The molecule has 93 heavy (non-hydrogen) atoms. The normalized spacial score (nSPS) is 12.4. The zero-order valence-electron chi connectivity index (χ0n) is 49.0. The van der Waals surface area contributed by atoms with E-state index in [1.54, 1.807) is 12.1 Å². The van der Waals surface area contributed by atoms with Crippen LogP contribution in [-0.2, 0) is 12.4 Å². The molecule has 0 atom stereocenters. The van der Waals surface area contributed by atoms with Crippen molar-refractivity contribution in [2.45, 2.75) is 12.4 Å². The van der Waals surface area contributed by atoms with Crippen molar-refractivity contribution in [1.82, 2.24) is 22.8 Å². The molecule has 0 spiro atoms. The van der Waals surface area contributed by atoms with Gasteiger partial charge < -0.3 is 22.8 Å². The number of aromatic nitrogens is 5. The van der Waals surface area contributed by atoms with Gasteiger partial charge in [-0.3, -0.25) is 0 Å². The number of para-hydroxylation sites is 6. The average molecular weight is 1220 g/mol. The Morgan fingerprint density at radius 2 is 0.505 bits per heavy atom. The maximum Gasteiger partial charge on any atom is 0.416 e. The van der Waals surface area contributed by atoms with Gasteiger partial charge in [-0.25, -0.2) is 0 Å². The van der Waals surface area contributed by atoms with Crippen molar-refractivity contribution in [2.75, 3.05) is 0 Å². The molecule has 0 N–H and O–H groups in total. The molecule has 12 heteroatoms. The first-order valence-electron chi connectivity index (χ1n) is 30.4. The minimum atomic E-state index is -4.70. The molecule has 0 fully saturated rings. The lowest BCUT2D eigenvalue weighted by Crippen LogP contribution is -2.14. The van der Waals surface area contributed by atoms with Gasteiger partial charge in [-0.1, -0.05) is 170 Å². The molecule has 0 saturated heterocycles. The SMILES string of the molecule is N#Cc1c(-c2ccccc2)c(-n2c3ccccc3c3cc(C(F)(F)F)ccc32)c(-n2c3ccc(-n4c5ccccc5c5ccccc54)cc3c3cc(-n4c5ccccc5c5ccccc54)ccc32)c(-n2c3ccccc3c3cc(C(F)(F)F)ccc32)c1-c1ccccc1. The van der Waals surface area contributed by atoms with E-state index in [1.165, 1.54) is 24.3 Å². The Kier molecular flexibility index (Phi) is 11.6. The first-order valence-corrected chi connectivity index (χ1v) is 30.4. The number of nitrogens with zero attached hydrogens (tertiary/aromatic N) is 6. The van der Waals surface area contributed by atoms with Crippen LogP contribution in [-0.4, -0.2) is 22.8 Å². The maximum atomic E-state index is 15.2. The van der Waals surface area contributed by atoms with Gasteiger partial charge in [-0.2, -0.15) is 31.6 Å². The van der Waals surface area contributed by atoms with Crippen LogP contribution in [0.4, 0.5) is 26.3 Å². The number of fused-ring (bicyclic) bond motifs is 15. The molecule has 5 heterocycles. The van der Waals surface area contributed by atoms with Crippen molar-refractivity contribution >= 4 is 109 Å². The van der Waals surface area contributed by atoms with E-state index in [2.05, 4.69) is 105 Å². The highest BCUT2D eigenvalue weighted by molar-refractivity contribution is 6.18. The molecule has 0 saturated carbocycles. The first-order chi connectivity index (χ1) is 45.4. The second-order valence-corrected chi connectivity index (χ2v) is 23.7. The van der Waals surface area contributed by atoms with E-state index in [0.717, 1.165) is 88.9 Å². The molecule has 18 aromatic rings. The number of nitriles is 1. The Balaban J connectivity index is 1.11. The second kappa shape index (κ2) is 20.0. The molecule has 0 radical (unpaired) electrons. The largest absolute Gasteiger partial charge is 0.416 e. The Hall–Kier alpha value is -12.1. The third-order valence-electron chi connectivity index (χ3n) is 18.7. The van der Waals surface area contributed by atoms with Gasteiger partial charge in [-0.05, 0) is 120 Å². The summed E-state index contributed by atoms with van der Waals surface area (Å²) < 4.78 is 102. The summed E-state index contributed by atoms with van der Waals surface area (Å²) in [7, 11) is 0. The summed E-state index contributed by atoms with van der Waals surface area (Å²) >= 11 is 0. The first kappa shape index (κ1) is 53.9. The smallest absolute Gasteiger partial charge is 0.309 e. The van der Waals surface area contributed by atoms with Gasteiger partial charge in [-0.15, -0.1) is 0 Å². The summed E-state index contributed by atoms with van der Waals surface area (Å²) in [4.78, 5) is 0. The van der Waals surface area contributed by atoms with Crippen molar-refractivity contribution in [3.8, 4) is 56.8 Å². The number of hydrogen-bond donors (Lipinski definition) is 0. The van der Waals surface area contributed by atoms with E-state index in [4.69, 9.17) is 0 Å². The van der Waals surface area contributed by atoms with Crippen molar-refractivity contribution in [2.24, 2.45) is 0 Å². The zero-order valence-corrected chi connectivity index (χ0v) is 49.0. The molecule has 0 amide bonds. The lowest BCUT2D eigenvalue weighted by molar-refractivity contribution is -0.138. The maximum absolute atomic E-state index is 15.2. The van der Waals surface area contributed by atoms with Gasteiger partial charge in [0.2, 0.25) is 0 Å². The Bertz CT molecular complexity index is 5750. The van der Waals surface area contributed by atoms with Crippen molar-refractivity contribution in [1.29, 1.82) is 5.26 Å². The molecule has 0 bridgehead atoms. The fourth-order valence-corrected chi connectivity index (χ4v) is 14.9. The summed E-state index contributed by atoms with van der Waals surface area (Å²) in [5.41, 5.74) is 11.3. The molecule has 5 aromatic heterocycles. The molecule has 442 valence electrons. The van der Waals surface area contributed by atoms with Gasteiger partial charge >= 0.3 is 12.4 Å². The zero-order chi connectivity index (χ0) is 62.6. The number of hydrogen-bond acceptors (Lipinski definition) is 1. The van der Waals surface area contributed by atoms with Crippen LogP contribution in [0.15, 0.2) is 279 Å². The van der Waals surface area contributed by atoms with E-state index in [-0.39, 0.29) is 5.56 Å². The van der Waals surface area contributed by atoms with Crippen molar-refractivity contribution in [3.05, 3.63) is 296 Å². The number of rotatable bonds is 7. The third kappa shape index (κ3) is 7.90. The summed E-state index contributed by atoms with van der Waals surface area (Å²) in [6.45, 7) is 0. The predicted molar refractivity (Wildman–Crippen MR) is 364 cm³/mol. The molecule has 0 aliphatic carbocycles. The quantitative estimate of drug-likeness (QED) is 0.147. The van der Waals surface area contributed by atoms with Gasteiger partial charge in [0.15, 0.2) is 0 Å². The van der Waals surface area contributed by atoms with E-state index in [0.29, 0.717) is 82.9 Å². The summed E-state index contributed by atoms with van der Waals surface area (Å²) in [5.74, 6) is 0. The van der Waals surface area contributed by atoms with Crippen LogP contribution in [0.5, 0.6) is 0 Å². The molecule has 18 rings (SSSR count). The molecular formula is C81H46F6N6. The average Bonchev–Trinajstić information content (AvgIpc) is 1.61. The highest BCUT2D eigenvalue weighted by Crippen LogP contribution is 2.53. The number of benzene rings is 13. The van der Waals surface area contributed by atoms with Crippen LogP contribution in [0, 0.1) is 11.3 Å². The van der Waals surface area contributed by atoms with E-state index in [9.17, 15) is 5.26 Å². The van der Waals surface area contributed by atoms with Crippen LogP contribution in [0.1, 0.15) is 16.7 Å². The number of alkyl halides is 6. The Morgan fingerprint density at radius 3 is 0.828 bits per heavy atom. The van der Waals surface area contributed by atoms with Crippen molar-refractivity contribution < 1.29 is 26.3 Å². The van der Waals surface area contributed by atoms with Crippen LogP contribution in [0.25, 0.3) is 160 Å². The molecule has 0 unspecified atom stereocenters. The van der Waals surface area contributed by atoms with Crippen LogP contribution < -0.4 is 0 Å². The predicted octanol–water partition coefficient (Wildman–Crippen LogP) is 22.4. The van der Waals surface area contributed by atoms with Gasteiger partial charge in [0, 0.05) is 76.4 Å². The minimum absolute atomic E-state index is 0.222. The molecule has 0 aliphatic rings. The van der Waals surface area contributed by atoms with Gasteiger partial charge in [0.05, 0.1) is 88.9 Å². The monoisotopic (exact) mass is 1220 g/mol. The van der Waals surface area contributed by atoms with Crippen LogP contribution >= 0.6 is 0 Å². The standard InChI is InChI=1S/C81H46F6N6/c82-80(83,84)50-35-39-71-60(43-50)58-27-11-17-33-69(58)91(71)77-75(48-19-3-1-4-20-48)64(47-88)76(49-21-5-2-6-22-49)78(92-70-34-18-12-28-59(70)61-44-51(81(85,86)87)36-40-72(61)92)79(77)93-73-41-37-52(89-65-29-13-7-23-54(65)55-24-8-14-30-66(55)89)45-62(73)63-46-53(38-42-74(63)93)90-67-31-15-9-25-56(67)57-26-10-16-32-68(57)90/h1-46H. The highest BCUT2D eigenvalue weighted by Gasteiger charge is 2.37.